The molecule has 0 atom stereocenters. The highest BCUT2D eigenvalue weighted by Crippen LogP contribution is 2.27. The van der Waals surface area contributed by atoms with Crippen LogP contribution >= 0.6 is 11.6 Å². The van der Waals surface area contributed by atoms with Gasteiger partial charge in [0.2, 0.25) is 0 Å². The van der Waals surface area contributed by atoms with Gasteiger partial charge in [0.25, 0.3) is 0 Å². The monoisotopic (exact) mass is 359 g/mol. The number of aromatic nitrogens is 2. The highest BCUT2D eigenvalue weighted by Gasteiger charge is 2.10. The Balaban J connectivity index is 1.70. The van der Waals surface area contributed by atoms with Crippen molar-refractivity contribution in [3.05, 3.63) is 76.8 Å². The van der Waals surface area contributed by atoms with Gasteiger partial charge < -0.3 is 9.40 Å². The first-order valence-corrected chi connectivity index (χ1v) is 8.44. The number of nitrogens with one attached hydrogen (secondary N) is 1. The van der Waals surface area contributed by atoms with E-state index in [1.807, 2.05) is 61.5 Å². The Labute approximate surface area is 155 Å². The lowest BCUT2D eigenvalue weighted by Gasteiger charge is -1.97. The Kier molecular flexibility index (Phi) is 4.08. The molecule has 0 amide bonds. The molecule has 126 valence electrons. The van der Waals surface area contributed by atoms with Crippen molar-refractivity contribution in [1.82, 2.24) is 9.97 Å². The van der Waals surface area contributed by atoms with Crippen molar-refractivity contribution in [2.24, 2.45) is 0 Å². The number of fused-ring (bicyclic) bond motifs is 1. The number of nitriles is 1. The molecule has 2 heterocycles. The van der Waals surface area contributed by atoms with Gasteiger partial charge in [0, 0.05) is 16.7 Å². The van der Waals surface area contributed by atoms with Crippen LogP contribution in [0.25, 0.3) is 34.0 Å². The van der Waals surface area contributed by atoms with Crippen LogP contribution in [0.15, 0.2) is 59.0 Å². The molecule has 0 aliphatic heterocycles. The fourth-order valence-corrected chi connectivity index (χ4v) is 2.96. The molecule has 0 unspecified atom stereocenters. The molecule has 26 heavy (non-hydrogen) atoms. The van der Waals surface area contributed by atoms with E-state index in [2.05, 4.69) is 16.0 Å². The minimum absolute atomic E-state index is 0.408. The quantitative estimate of drug-likeness (QED) is 0.466. The SMILES string of the molecule is Cc1ccc2nc(/C(C#N)=C\c3ccc(-c4cccc(Cl)c4)o3)[nH]c2c1. The number of H-pyrrole nitrogens is 1. The average molecular weight is 360 g/mol. The van der Waals surface area contributed by atoms with E-state index in [1.54, 1.807) is 6.08 Å². The van der Waals surface area contributed by atoms with E-state index in [9.17, 15) is 5.26 Å². The van der Waals surface area contributed by atoms with Crippen molar-refractivity contribution >= 4 is 34.3 Å². The van der Waals surface area contributed by atoms with Crippen LogP contribution in [0.2, 0.25) is 5.02 Å². The molecule has 0 spiro atoms. The molecule has 0 saturated heterocycles. The molecule has 0 radical (unpaired) electrons. The third kappa shape index (κ3) is 3.13. The summed E-state index contributed by atoms with van der Waals surface area (Å²) in [4.78, 5) is 7.68. The summed E-state index contributed by atoms with van der Waals surface area (Å²) in [5.41, 5.74) is 4.15. The standard InChI is InChI=1S/C21H14ClN3O/c1-13-5-7-18-19(9-13)25-21(24-18)15(12-23)11-17-6-8-20(26-17)14-3-2-4-16(22)10-14/h2-11H,1H3,(H,24,25)/b15-11-. The maximum atomic E-state index is 9.54. The number of benzene rings is 2. The van der Waals surface area contributed by atoms with Crippen LogP contribution in [-0.4, -0.2) is 9.97 Å². The average Bonchev–Trinajstić information content (AvgIpc) is 3.26. The second kappa shape index (κ2) is 6.55. The molecule has 4 rings (SSSR count). The van der Waals surface area contributed by atoms with Gasteiger partial charge in [-0.1, -0.05) is 29.8 Å². The van der Waals surface area contributed by atoms with Gasteiger partial charge in [-0.25, -0.2) is 4.98 Å². The first-order valence-electron chi connectivity index (χ1n) is 8.07. The van der Waals surface area contributed by atoms with Gasteiger partial charge in [0.1, 0.15) is 23.4 Å². The highest BCUT2D eigenvalue weighted by atomic mass is 35.5. The number of allylic oxidation sites excluding steroid dienone is 1. The van der Waals surface area contributed by atoms with Crippen LogP contribution < -0.4 is 0 Å². The highest BCUT2D eigenvalue weighted by molar-refractivity contribution is 6.30. The van der Waals surface area contributed by atoms with E-state index in [0.29, 0.717) is 27.9 Å². The van der Waals surface area contributed by atoms with Crippen LogP contribution in [0.4, 0.5) is 0 Å². The van der Waals surface area contributed by atoms with Gasteiger partial charge in [-0.3, -0.25) is 0 Å². The van der Waals surface area contributed by atoms with Gasteiger partial charge in [-0.05, 0) is 48.9 Å². The zero-order valence-corrected chi connectivity index (χ0v) is 14.7. The van der Waals surface area contributed by atoms with Gasteiger partial charge in [-0.2, -0.15) is 5.26 Å². The maximum absolute atomic E-state index is 9.54. The molecule has 1 N–H and O–H groups in total. The summed E-state index contributed by atoms with van der Waals surface area (Å²) in [6.07, 6.45) is 1.68. The number of hydrogen-bond acceptors (Lipinski definition) is 3. The number of aryl methyl sites for hydroxylation is 1. The van der Waals surface area contributed by atoms with Gasteiger partial charge >= 0.3 is 0 Å². The fourth-order valence-electron chi connectivity index (χ4n) is 2.77. The van der Waals surface area contributed by atoms with Crippen LogP contribution in [0.5, 0.6) is 0 Å². The van der Waals surface area contributed by atoms with E-state index in [1.165, 1.54) is 0 Å². The van der Waals surface area contributed by atoms with Crippen molar-refractivity contribution in [2.75, 3.05) is 0 Å². The molecule has 2 aromatic heterocycles. The second-order valence-corrected chi connectivity index (χ2v) is 6.42. The first kappa shape index (κ1) is 16.2. The Bertz CT molecular complexity index is 1180. The molecule has 4 nitrogen and oxygen atoms in total. The van der Waals surface area contributed by atoms with Gasteiger partial charge in [-0.15, -0.1) is 0 Å². The lowest BCUT2D eigenvalue weighted by atomic mass is 10.2. The van der Waals surface area contributed by atoms with E-state index >= 15 is 0 Å². The number of hydrogen-bond donors (Lipinski definition) is 1. The molecule has 4 aromatic rings. The molecule has 0 saturated carbocycles. The predicted octanol–water partition coefficient (Wildman–Crippen LogP) is 5.85. The Morgan fingerprint density at radius 2 is 2.08 bits per heavy atom. The summed E-state index contributed by atoms with van der Waals surface area (Å²) in [5.74, 6) is 1.79. The molecule has 5 heteroatoms. The normalized spacial score (nSPS) is 11.7. The molecule has 0 bridgehead atoms. The Hall–Kier alpha value is -3.29. The summed E-state index contributed by atoms with van der Waals surface area (Å²) in [6, 6.07) is 19.2. The van der Waals surface area contributed by atoms with E-state index in [0.717, 1.165) is 22.2 Å². The van der Waals surface area contributed by atoms with Crippen molar-refractivity contribution in [3.8, 4) is 17.4 Å². The lowest BCUT2D eigenvalue weighted by molar-refractivity contribution is 0.572. The van der Waals surface area contributed by atoms with Crippen molar-refractivity contribution in [1.29, 1.82) is 5.26 Å². The number of furan rings is 1. The first-order chi connectivity index (χ1) is 12.6. The minimum atomic E-state index is 0.408. The van der Waals surface area contributed by atoms with Crippen molar-refractivity contribution < 1.29 is 4.42 Å². The summed E-state index contributed by atoms with van der Waals surface area (Å²) in [7, 11) is 0. The molecule has 0 aliphatic carbocycles. The third-order valence-electron chi connectivity index (χ3n) is 4.04. The van der Waals surface area contributed by atoms with Gasteiger partial charge in [0.05, 0.1) is 16.6 Å². The van der Waals surface area contributed by atoms with Crippen LogP contribution in [-0.2, 0) is 0 Å². The molecule has 0 aliphatic rings. The molecular weight excluding hydrogens is 346 g/mol. The largest absolute Gasteiger partial charge is 0.457 e. The third-order valence-corrected chi connectivity index (χ3v) is 4.27. The number of imidazole rings is 1. The zero-order valence-electron chi connectivity index (χ0n) is 14.0. The topological polar surface area (TPSA) is 65.6 Å². The summed E-state index contributed by atoms with van der Waals surface area (Å²) < 4.78 is 5.84. The van der Waals surface area contributed by atoms with Crippen molar-refractivity contribution in [3.63, 3.8) is 0 Å². The molecule has 0 fully saturated rings. The summed E-state index contributed by atoms with van der Waals surface area (Å²) in [6.45, 7) is 2.02. The molecular formula is C21H14ClN3O. The summed E-state index contributed by atoms with van der Waals surface area (Å²) in [5, 5.41) is 10.2. The van der Waals surface area contributed by atoms with Crippen LogP contribution in [0.1, 0.15) is 17.1 Å². The zero-order chi connectivity index (χ0) is 18.1. The molecule has 2 aromatic carbocycles. The maximum Gasteiger partial charge on any atom is 0.149 e. The van der Waals surface area contributed by atoms with Crippen molar-refractivity contribution in [2.45, 2.75) is 6.92 Å². The number of nitrogens with zero attached hydrogens (tertiary/aromatic N) is 2. The number of aromatic amines is 1. The second-order valence-electron chi connectivity index (χ2n) is 5.99. The Morgan fingerprint density at radius 3 is 2.88 bits per heavy atom. The fraction of sp³-hybridized carbons (Fsp3) is 0.0476. The van der Waals surface area contributed by atoms with Gasteiger partial charge in [0.15, 0.2) is 0 Å². The van der Waals surface area contributed by atoms with Crippen LogP contribution in [0, 0.1) is 18.3 Å². The van der Waals surface area contributed by atoms with Crippen LogP contribution in [0.3, 0.4) is 0 Å². The van der Waals surface area contributed by atoms with E-state index < -0.39 is 0 Å². The van der Waals surface area contributed by atoms with E-state index in [4.69, 9.17) is 16.0 Å². The minimum Gasteiger partial charge on any atom is -0.457 e. The number of rotatable bonds is 3. The summed E-state index contributed by atoms with van der Waals surface area (Å²) >= 11 is 6.03. The number of halogens is 1. The Morgan fingerprint density at radius 1 is 1.19 bits per heavy atom. The smallest absolute Gasteiger partial charge is 0.149 e. The predicted molar refractivity (Wildman–Crippen MR) is 103 cm³/mol. The van der Waals surface area contributed by atoms with E-state index in [-0.39, 0.29) is 0 Å². The lowest BCUT2D eigenvalue weighted by Crippen LogP contribution is -1.84.